The minimum Gasteiger partial charge on any atom is -0.355 e. The zero-order chi connectivity index (χ0) is 17.5. The molecule has 0 aliphatic rings. The van der Waals surface area contributed by atoms with Gasteiger partial charge in [0.1, 0.15) is 0 Å². The summed E-state index contributed by atoms with van der Waals surface area (Å²) in [6, 6.07) is 10.6. The molecule has 2 N–H and O–H groups in total. The van der Waals surface area contributed by atoms with E-state index in [-0.39, 0.29) is 22.4 Å². The highest BCUT2D eigenvalue weighted by Gasteiger charge is 2.15. The monoisotopic (exact) mass is 347 g/mol. The molecule has 0 radical (unpaired) electrons. The molecule has 0 aliphatic heterocycles. The van der Waals surface area contributed by atoms with Crippen LogP contribution in [0.25, 0.3) is 10.4 Å². The van der Waals surface area contributed by atoms with Crippen molar-refractivity contribution in [2.24, 2.45) is 5.92 Å². The molecule has 128 valence electrons. The lowest BCUT2D eigenvalue weighted by Crippen LogP contribution is -2.33. The average Bonchev–Trinajstić information content (AvgIpc) is 3.03. The molecule has 0 bridgehead atoms. The van der Waals surface area contributed by atoms with Gasteiger partial charge in [-0.3, -0.25) is 14.9 Å². The van der Waals surface area contributed by atoms with E-state index in [1.54, 1.807) is 18.2 Å². The Bertz CT molecular complexity index is 713. The lowest BCUT2D eigenvalue weighted by Gasteiger charge is -2.07. The van der Waals surface area contributed by atoms with Crippen molar-refractivity contribution in [1.29, 1.82) is 0 Å². The molecular weight excluding hydrogens is 326 g/mol. The van der Waals surface area contributed by atoms with E-state index in [1.165, 1.54) is 17.4 Å². The van der Waals surface area contributed by atoms with Gasteiger partial charge in [-0.05, 0) is 18.2 Å². The molecular formula is C17H21N3O3S. The number of carbonyl (C=O) groups excluding carboxylic acids is 1. The predicted molar refractivity (Wildman–Crippen MR) is 96.0 cm³/mol. The quantitative estimate of drug-likeness (QED) is 0.436. The van der Waals surface area contributed by atoms with Crippen molar-refractivity contribution in [2.75, 3.05) is 13.1 Å². The van der Waals surface area contributed by atoms with E-state index in [2.05, 4.69) is 10.6 Å². The van der Waals surface area contributed by atoms with E-state index in [4.69, 9.17) is 0 Å². The number of para-hydroxylation sites is 1. The second kappa shape index (κ2) is 8.56. The van der Waals surface area contributed by atoms with E-state index >= 15 is 0 Å². The van der Waals surface area contributed by atoms with Gasteiger partial charge in [0.25, 0.3) is 5.69 Å². The molecule has 2 rings (SSSR count). The van der Waals surface area contributed by atoms with Crippen molar-refractivity contribution in [3.05, 3.63) is 51.4 Å². The highest BCUT2D eigenvalue weighted by molar-refractivity contribution is 7.15. The van der Waals surface area contributed by atoms with Gasteiger partial charge in [-0.15, -0.1) is 11.3 Å². The van der Waals surface area contributed by atoms with Gasteiger partial charge in [0, 0.05) is 41.4 Å². The number of nitro groups is 1. The first kappa shape index (κ1) is 18.1. The zero-order valence-corrected chi connectivity index (χ0v) is 14.6. The zero-order valence-electron chi connectivity index (χ0n) is 13.7. The predicted octanol–water partition coefficient (Wildman–Crippen LogP) is 3.19. The van der Waals surface area contributed by atoms with Crippen molar-refractivity contribution < 1.29 is 9.72 Å². The van der Waals surface area contributed by atoms with Gasteiger partial charge in [-0.25, -0.2) is 0 Å². The second-order valence-corrected chi connectivity index (χ2v) is 6.83. The summed E-state index contributed by atoms with van der Waals surface area (Å²) in [6.07, 6.45) is 0. The smallest absolute Gasteiger partial charge is 0.278 e. The maximum Gasteiger partial charge on any atom is 0.278 e. The van der Waals surface area contributed by atoms with E-state index in [9.17, 15) is 14.9 Å². The molecule has 0 saturated heterocycles. The molecule has 2 aromatic rings. The average molecular weight is 347 g/mol. The Hall–Kier alpha value is -2.25. The van der Waals surface area contributed by atoms with Crippen LogP contribution in [0, 0.1) is 16.0 Å². The molecule has 1 heterocycles. The van der Waals surface area contributed by atoms with Gasteiger partial charge in [-0.2, -0.15) is 0 Å². The summed E-state index contributed by atoms with van der Waals surface area (Å²) in [4.78, 5) is 24.2. The fraction of sp³-hybridized carbons (Fsp3) is 0.353. The Morgan fingerprint density at radius 2 is 1.96 bits per heavy atom. The van der Waals surface area contributed by atoms with E-state index < -0.39 is 0 Å². The molecule has 0 saturated carbocycles. The van der Waals surface area contributed by atoms with Gasteiger partial charge in [0.15, 0.2) is 0 Å². The first-order valence-corrected chi connectivity index (χ1v) is 8.61. The van der Waals surface area contributed by atoms with E-state index in [0.717, 1.165) is 9.75 Å². The second-order valence-electron chi connectivity index (χ2n) is 5.66. The van der Waals surface area contributed by atoms with Crippen LogP contribution in [0.5, 0.6) is 0 Å². The van der Waals surface area contributed by atoms with Gasteiger partial charge in [0.05, 0.1) is 10.5 Å². The molecule has 24 heavy (non-hydrogen) atoms. The molecule has 0 fully saturated rings. The van der Waals surface area contributed by atoms with Crippen LogP contribution in [-0.4, -0.2) is 23.9 Å². The normalized spacial score (nSPS) is 10.8. The topological polar surface area (TPSA) is 84.3 Å². The van der Waals surface area contributed by atoms with Crippen molar-refractivity contribution in [2.45, 2.75) is 20.4 Å². The number of benzene rings is 1. The van der Waals surface area contributed by atoms with Crippen molar-refractivity contribution in [3.63, 3.8) is 0 Å². The number of hydrogen-bond donors (Lipinski definition) is 2. The van der Waals surface area contributed by atoms with Crippen LogP contribution in [0.4, 0.5) is 5.69 Å². The first-order chi connectivity index (χ1) is 11.5. The lowest BCUT2D eigenvalue weighted by molar-refractivity contribution is -0.384. The minimum absolute atomic E-state index is 0.00785. The van der Waals surface area contributed by atoms with Gasteiger partial charge < -0.3 is 10.6 Å². The van der Waals surface area contributed by atoms with Crippen LogP contribution in [0.2, 0.25) is 0 Å². The summed E-state index contributed by atoms with van der Waals surface area (Å²) in [7, 11) is 0. The summed E-state index contributed by atoms with van der Waals surface area (Å²) in [5.74, 6) is 0.0399. The molecule has 1 aromatic carbocycles. The number of rotatable bonds is 8. The van der Waals surface area contributed by atoms with Crippen molar-refractivity contribution in [3.8, 4) is 10.4 Å². The van der Waals surface area contributed by atoms with Crippen LogP contribution in [0.3, 0.4) is 0 Å². The minimum atomic E-state index is -0.357. The molecule has 0 atom stereocenters. The number of hydrogen-bond acceptors (Lipinski definition) is 5. The summed E-state index contributed by atoms with van der Waals surface area (Å²) in [5, 5.41) is 17.2. The van der Waals surface area contributed by atoms with E-state index in [1.807, 2.05) is 26.0 Å². The SMILES string of the molecule is CC(C)C(=O)NCCNCc1ccc(-c2ccccc2[N+](=O)[O-])s1. The van der Waals surface area contributed by atoms with Crippen LogP contribution in [0.15, 0.2) is 36.4 Å². The summed E-state index contributed by atoms with van der Waals surface area (Å²) < 4.78 is 0. The molecule has 0 spiro atoms. The molecule has 7 heteroatoms. The molecule has 1 amide bonds. The van der Waals surface area contributed by atoms with Crippen LogP contribution >= 0.6 is 11.3 Å². The largest absolute Gasteiger partial charge is 0.355 e. The molecule has 1 aromatic heterocycles. The third kappa shape index (κ3) is 4.87. The maximum atomic E-state index is 11.4. The Kier molecular flexibility index (Phi) is 6.45. The van der Waals surface area contributed by atoms with Crippen molar-refractivity contribution in [1.82, 2.24) is 10.6 Å². The highest BCUT2D eigenvalue weighted by Crippen LogP contribution is 2.34. The highest BCUT2D eigenvalue weighted by atomic mass is 32.1. The molecule has 0 unspecified atom stereocenters. The third-order valence-electron chi connectivity index (χ3n) is 3.45. The Balaban J connectivity index is 1.88. The number of nitrogens with zero attached hydrogens (tertiary/aromatic N) is 1. The van der Waals surface area contributed by atoms with Crippen LogP contribution < -0.4 is 10.6 Å². The number of nitrogens with one attached hydrogen (secondary N) is 2. The standard InChI is InChI=1S/C17H21N3O3S/c1-12(2)17(21)19-10-9-18-11-13-7-8-16(24-13)14-5-3-4-6-15(14)20(22)23/h3-8,12,18H,9-11H2,1-2H3,(H,19,21). The van der Waals surface area contributed by atoms with Gasteiger partial charge >= 0.3 is 0 Å². The number of nitro benzene ring substituents is 1. The first-order valence-electron chi connectivity index (χ1n) is 7.80. The summed E-state index contributed by atoms with van der Waals surface area (Å²) in [6.45, 7) is 5.65. The summed E-state index contributed by atoms with van der Waals surface area (Å²) in [5.41, 5.74) is 0.762. The fourth-order valence-electron chi connectivity index (χ4n) is 2.15. The number of carbonyl (C=O) groups is 1. The Labute approximate surface area is 145 Å². The lowest BCUT2D eigenvalue weighted by atomic mass is 10.1. The molecule has 6 nitrogen and oxygen atoms in total. The molecule has 0 aliphatic carbocycles. The van der Waals surface area contributed by atoms with Gasteiger partial charge in [-0.1, -0.05) is 26.0 Å². The van der Waals surface area contributed by atoms with Crippen molar-refractivity contribution >= 4 is 22.9 Å². The number of thiophene rings is 1. The Morgan fingerprint density at radius 3 is 2.67 bits per heavy atom. The number of amides is 1. The van der Waals surface area contributed by atoms with Gasteiger partial charge in [0.2, 0.25) is 5.91 Å². The fourth-order valence-corrected chi connectivity index (χ4v) is 3.16. The van der Waals surface area contributed by atoms with Crippen LogP contribution in [-0.2, 0) is 11.3 Å². The maximum absolute atomic E-state index is 11.4. The third-order valence-corrected chi connectivity index (χ3v) is 4.57. The van der Waals surface area contributed by atoms with Crippen LogP contribution in [0.1, 0.15) is 18.7 Å². The Morgan fingerprint density at radius 1 is 1.21 bits per heavy atom. The summed E-state index contributed by atoms with van der Waals surface area (Å²) >= 11 is 1.53. The van der Waals surface area contributed by atoms with E-state index in [0.29, 0.717) is 25.2 Å².